The molecule has 1 heterocycles. The SMILES string of the molecule is CC(C)(C)OC(=O)N1CC2CC1[C@H](F)C2=O. The molecule has 0 aromatic heterocycles. The van der Waals surface area contributed by atoms with E-state index in [2.05, 4.69) is 0 Å². The number of ether oxygens (including phenoxy) is 1. The number of rotatable bonds is 0. The molecule has 2 unspecified atom stereocenters. The van der Waals surface area contributed by atoms with E-state index < -0.39 is 23.9 Å². The quantitative estimate of drug-likeness (QED) is 0.633. The van der Waals surface area contributed by atoms with Crippen molar-refractivity contribution < 1.29 is 18.7 Å². The number of likely N-dealkylation sites (tertiary alicyclic amines) is 1. The fraction of sp³-hybridized carbons (Fsp3) is 0.818. The number of hydrogen-bond donors (Lipinski definition) is 0. The van der Waals surface area contributed by atoms with Crippen molar-refractivity contribution in [1.29, 1.82) is 0 Å². The predicted octanol–water partition coefficient (Wildman–Crippen LogP) is 1.53. The van der Waals surface area contributed by atoms with E-state index in [-0.39, 0.29) is 11.7 Å². The van der Waals surface area contributed by atoms with Crippen LogP contribution in [0.3, 0.4) is 0 Å². The Kier molecular flexibility index (Phi) is 2.44. The van der Waals surface area contributed by atoms with Crippen LogP contribution in [0.25, 0.3) is 0 Å². The molecule has 90 valence electrons. The first-order valence-electron chi connectivity index (χ1n) is 5.47. The second-order valence-corrected chi connectivity index (χ2v) is 5.44. The van der Waals surface area contributed by atoms with Crippen LogP contribution in [-0.4, -0.2) is 41.1 Å². The summed E-state index contributed by atoms with van der Waals surface area (Å²) in [4.78, 5) is 24.3. The van der Waals surface area contributed by atoms with Crippen LogP contribution in [0.2, 0.25) is 0 Å². The summed E-state index contributed by atoms with van der Waals surface area (Å²) in [5.74, 6) is -0.683. The number of fused-ring (bicyclic) bond motifs is 2. The Balaban J connectivity index is 2.04. The van der Waals surface area contributed by atoms with Gasteiger partial charge < -0.3 is 9.64 Å². The Bertz CT molecular complexity index is 333. The number of amides is 1. The van der Waals surface area contributed by atoms with Crippen LogP contribution in [0.1, 0.15) is 27.2 Å². The smallest absolute Gasteiger partial charge is 0.410 e. The minimum atomic E-state index is -1.52. The Morgan fingerprint density at radius 2 is 2.12 bits per heavy atom. The number of carbonyl (C=O) groups is 2. The molecule has 1 saturated heterocycles. The highest BCUT2D eigenvalue weighted by Gasteiger charge is 2.54. The topological polar surface area (TPSA) is 46.6 Å². The zero-order valence-electron chi connectivity index (χ0n) is 9.70. The molecular weight excluding hydrogens is 213 g/mol. The van der Waals surface area contributed by atoms with E-state index in [9.17, 15) is 14.0 Å². The molecule has 2 bridgehead atoms. The Morgan fingerprint density at radius 1 is 1.50 bits per heavy atom. The lowest BCUT2D eigenvalue weighted by atomic mass is 10.1. The maximum Gasteiger partial charge on any atom is 0.410 e. The Labute approximate surface area is 93.7 Å². The van der Waals surface area contributed by atoms with E-state index in [1.54, 1.807) is 20.8 Å². The van der Waals surface area contributed by atoms with Crippen molar-refractivity contribution in [2.24, 2.45) is 5.92 Å². The molecule has 4 nitrogen and oxygen atoms in total. The molecule has 2 aliphatic rings. The predicted molar refractivity (Wildman–Crippen MR) is 54.7 cm³/mol. The number of piperidine rings is 1. The van der Waals surface area contributed by atoms with Crippen molar-refractivity contribution in [3.05, 3.63) is 0 Å². The highest BCUT2D eigenvalue weighted by molar-refractivity contribution is 5.91. The van der Waals surface area contributed by atoms with E-state index in [1.165, 1.54) is 4.90 Å². The minimum absolute atomic E-state index is 0.304. The molecule has 1 saturated carbocycles. The van der Waals surface area contributed by atoms with Crippen molar-refractivity contribution in [3.8, 4) is 0 Å². The average Bonchev–Trinajstić information content (AvgIpc) is 2.65. The highest BCUT2D eigenvalue weighted by atomic mass is 19.1. The first-order valence-corrected chi connectivity index (χ1v) is 5.47. The minimum Gasteiger partial charge on any atom is -0.444 e. The van der Waals surface area contributed by atoms with Gasteiger partial charge in [-0.15, -0.1) is 0 Å². The van der Waals surface area contributed by atoms with E-state index >= 15 is 0 Å². The van der Waals surface area contributed by atoms with Gasteiger partial charge in [-0.1, -0.05) is 0 Å². The van der Waals surface area contributed by atoms with Gasteiger partial charge in [0.05, 0.1) is 6.04 Å². The number of alkyl halides is 1. The van der Waals surface area contributed by atoms with Gasteiger partial charge in [0.2, 0.25) is 0 Å². The van der Waals surface area contributed by atoms with Crippen LogP contribution >= 0.6 is 0 Å². The summed E-state index contributed by atoms with van der Waals surface area (Å²) >= 11 is 0. The van der Waals surface area contributed by atoms with Gasteiger partial charge in [0, 0.05) is 12.5 Å². The van der Waals surface area contributed by atoms with Crippen molar-refractivity contribution in [3.63, 3.8) is 0 Å². The molecule has 0 aromatic rings. The summed E-state index contributed by atoms with van der Waals surface area (Å²) in [5, 5.41) is 0. The number of nitrogens with zero attached hydrogens (tertiary/aromatic N) is 1. The largest absolute Gasteiger partial charge is 0.444 e. The zero-order chi connectivity index (χ0) is 12.1. The van der Waals surface area contributed by atoms with Gasteiger partial charge in [0.1, 0.15) is 5.60 Å². The molecule has 16 heavy (non-hydrogen) atoms. The second-order valence-electron chi connectivity index (χ2n) is 5.44. The van der Waals surface area contributed by atoms with Crippen LogP contribution in [0.4, 0.5) is 9.18 Å². The third kappa shape index (κ3) is 1.79. The van der Waals surface area contributed by atoms with Crippen LogP contribution in [0, 0.1) is 5.92 Å². The lowest BCUT2D eigenvalue weighted by molar-refractivity contribution is -0.127. The number of halogens is 1. The molecular formula is C11H16FNO3. The summed E-state index contributed by atoms with van der Waals surface area (Å²) in [5.41, 5.74) is -0.589. The van der Waals surface area contributed by atoms with Crippen LogP contribution in [-0.2, 0) is 9.53 Å². The lowest BCUT2D eigenvalue weighted by Crippen LogP contribution is -2.48. The number of hydrogen-bond acceptors (Lipinski definition) is 3. The van der Waals surface area contributed by atoms with E-state index in [4.69, 9.17) is 4.74 Å². The van der Waals surface area contributed by atoms with Crippen molar-refractivity contribution in [1.82, 2.24) is 4.90 Å². The second kappa shape index (κ2) is 3.43. The van der Waals surface area contributed by atoms with Crippen molar-refractivity contribution in [2.45, 2.75) is 45.0 Å². The molecule has 3 atom stereocenters. The van der Waals surface area contributed by atoms with Gasteiger partial charge in [-0.25, -0.2) is 9.18 Å². The summed E-state index contributed by atoms with van der Waals surface area (Å²) in [6.07, 6.45) is -1.60. The molecule has 2 fully saturated rings. The van der Waals surface area contributed by atoms with Gasteiger partial charge >= 0.3 is 6.09 Å². The maximum absolute atomic E-state index is 13.5. The standard InChI is InChI=1S/C11H16FNO3/c1-11(2,3)16-10(15)13-5-6-4-7(13)8(12)9(6)14/h6-8H,4-5H2,1-3H3/t6?,7?,8-/m0/s1. The molecule has 1 aliphatic heterocycles. The Hall–Kier alpha value is -1.13. The van der Waals surface area contributed by atoms with Crippen molar-refractivity contribution >= 4 is 11.9 Å². The average molecular weight is 229 g/mol. The monoisotopic (exact) mass is 229 g/mol. The lowest BCUT2D eigenvalue weighted by Gasteiger charge is -2.31. The van der Waals surface area contributed by atoms with Gasteiger partial charge in [-0.2, -0.15) is 0 Å². The molecule has 1 amide bonds. The highest BCUT2D eigenvalue weighted by Crippen LogP contribution is 2.37. The molecule has 0 N–H and O–H groups in total. The van der Waals surface area contributed by atoms with Crippen LogP contribution in [0.15, 0.2) is 0 Å². The fourth-order valence-electron chi connectivity index (χ4n) is 2.29. The molecule has 1 aliphatic carbocycles. The van der Waals surface area contributed by atoms with Gasteiger partial charge in [-0.05, 0) is 27.2 Å². The third-order valence-electron chi connectivity index (χ3n) is 2.98. The molecule has 0 spiro atoms. The normalized spacial score (nSPS) is 33.4. The summed E-state index contributed by atoms with van der Waals surface area (Å²) in [6, 6.07) is -0.604. The molecule has 5 heteroatoms. The summed E-state index contributed by atoms with van der Waals surface area (Å²) < 4.78 is 18.6. The van der Waals surface area contributed by atoms with Crippen molar-refractivity contribution in [2.75, 3.05) is 6.54 Å². The molecule has 2 rings (SSSR count). The van der Waals surface area contributed by atoms with Gasteiger partial charge in [0.15, 0.2) is 12.0 Å². The van der Waals surface area contributed by atoms with E-state index in [0.29, 0.717) is 13.0 Å². The Morgan fingerprint density at radius 3 is 2.56 bits per heavy atom. The number of carbonyl (C=O) groups excluding carboxylic acids is 2. The summed E-state index contributed by atoms with van der Waals surface area (Å²) in [6.45, 7) is 5.59. The molecule has 0 radical (unpaired) electrons. The van der Waals surface area contributed by atoms with Gasteiger partial charge in [0.25, 0.3) is 0 Å². The number of Topliss-reactive ketones (excluding diaryl/α,β-unsaturated/α-hetero) is 1. The van der Waals surface area contributed by atoms with E-state index in [1.807, 2.05) is 0 Å². The first kappa shape index (κ1) is 11.4. The van der Waals surface area contributed by atoms with Crippen LogP contribution < -0.4 is 0 Å². The van der Waals surface area contributed by atoms with E-state index in [0.717, 1.165) is 0 Å². The zero-order valence-corrected chi connectivity index (χ0v) is 9.70. The third-order valence-corrected chi connectivity index (χ3v) is 2.98. The number of ketones is 1. The summed E-state index contributed by atoms with van der Waals surface area (Å²) in [7, 11) is 0. The molecule has 0 aromatic carbocycles. The fourth-order valence-corrected chi connectivity index (χ4v) is 2.29. The first-order chi connectivity index (χ1) is 7.29. The van der Waals surface area contributed by atoms with Crippen LogP contribution in [0.5, 0.6) is 0 Å². The maximum atomic E-state index is 13.5. The van der Waals surface area contributed by atoms with Gasteiger partial charge in [-0.3, -0.25) is 4.79 Å².